The van der Waals surface area contributed by atoms with Gasteiger partial charge in [0.1, 0.15) is 0 Å². The highest BCUT2D eigenvalue weighted by atomic mass is 32.1. The number of hydrogen-bond acceptors (Lipinski definition) is 3. The number of thiocarbonyl (C=S) groups is 1. The molecule has 2 aliphatic rings. The van der Waals surface area contributed by atoms with Gasteiger partial charge in [0.15, 0.2) is 16.6 Å². The van der Waals surface area contributed by atoms with Crippen LogP contribution in [0.2, 0.25) is 0 Å². The summed E-state index contributed by atoms with van der Waals surface area (Å²) in [5.74, 6) is 1.70. The summed E-state index contributed by atoms with van der Waals surface area (Å²) in [6.45, 7) is 7.10. The van der Waals surface area contributed by atoms with Gasteiger partial charge in [-0.1, -0.05) is 0 Å². The third kappa shape index (κ3) is 3.46. The van der Waals surface area contributed by atoms with Crippen LogP contribution in [0.1, 0.15) is 37.8 Å². The molecule has 1 saturated carbocycles. The van der Waals surface area contributed by atoms with Gasteiger partial charge in [-0.25, -0.2) is 0 Å². The predicted octanol–water partition coefficient (Wildman–Crippen LogP) is 2.88. The molecule has 0 spiro atoms. The zero-order valence-corrected chi connectivity index (χ0v) is 14.2. The van der Waals surface area contributed by atoms with Crippen LogP contribution in [0.25, 0.3) is 0 Å². The van der Waals surface area contributed by atoms with Crippen molar-refractivity contribution in [1.29, 1.82) is 0 Å². The summed E-state index contributed by atoms with van der Waals surface area (Å²) in [6.07, 6.45) is 3.49. The van der Waals surface area contributed by atoms with E-state index in [9.17, 15) is 0 Å². The highest BCUT2D eigenvalue weighted by Gasteiger charge is 2.26. The lowest BCUT2D eigenvalue weighted by Crippen LogP contribution is -2.43. The average molecular weight is 320 g/mol. The van der Waals surface area contributed by atoms with Crippen LogP contribution < -0.4 is 14.8 Å². The molecule has 120 valence electrons. The smallest absolute Gasteiger partial charge is 0.169 e. The van der Waals surface area contributed by atoms with Gasteiger partial charge in [-0.2, -0.15) is 0 Å². The van der Waals surface area contributed by atoms with Gasteiger partial charge in [-0.05, 0) is 68.6 Å². The molecule has 5 heteroatoms. The van der Waals surface area contributed by atoms with E-state index in [-0.39, 0.29) is 0 Å². The Bertz CT molecular complexity index is 558. The molecule has 1 fully saturated rings. The topological polar surface area (TPSA) is 33.7 Å². The molecule has 1 N–H and O–H groups in total. The molecule has 22 heavy (non-hydrogen) atoms. The SMILES string of the molecule is CCOc1cc2c(cc1OCC)CN(C(=S)NC1CC1)CC2. The zero-order chi connectivity index (χ0) is 15.5. The van der Waals surface area contributed by atoms with E-state index in [1.807, 2.05) is 13.8 Å². The lowest BCUT2D eigenvalue weighted by molar-refractivity contribution is 0.285. The third-order valence-electron chi connectivity index (χ3n) is 4.07. The van der Waals surface area contributed by atoms with Gasteiger partial charge >= 0.3 is 0 Å². The van der Waals surface area contributed by atoms with Gasteiger partial charge in [0.2, 0.25) is 0 Å². The van der Waals surface area contributed by atoms with E-state index < -0.39 is 0 Å². The van der Waals surface area contributed by atoms with E-state index in [0.717, 1.165) is 36.1 Å². The van der Waals surface area contributed by atoms with Gasteiger partial charge in [0, 0.05) is 19.1 Å². The Morgan fingerprint density at radius 3 is 2.41 bits per heavy atom. The Kier molecular flexibility index (Phi) is 4.71. The number of hydrogen-bond donors (Lipinski definition) is 1. The second kappa shape index (κ2) is 6.73. The van der Waals surface area contributed by atoms with Crippen molar-refractivity contribution in [2.45, 2.75) is 45.7 Å². The van der Waals surface area contributed by atoms with Crippen molar-refractivity contribution < 1.29 is 9.47 Å². The van der Waals surface area contributed by atoms with Crippen LogP contribution in [0.3, 0.4) is 0 Å². The Morgan fingerprint density at radius 2 is 1.82 bits per heavy atom. The van der Waals surface area contributed by atoms with Crippen molar-refractivity contribution >= 4 is 17.3 Å². The summed E-state index contributed by atoms with van der Waals surface area (Å²) in [6, 6.07) is 4.86. The minimum absolute atomic E-state index is 0.605. The van der Waals surface area contributed by atoms with Crippen LogP contribution in [0.4, 0.5) is 0 Å². The number of nitrogens with one attached hydrogen (secondary N) is 1. The summed E-state index contributed by atoms with van der Waals surface area (Å²) in [5.41, 5.74) is 2.63. The molecule has 3 rings (SSSR count). The minimum atomic E-state index is 0.605. The highest BCUT2D eigenvalue weighted by Crippen LogP contribution is 2.34. The molecule has 0 amide bonds. The zero-order valence-electron chi connectivity index (χ0n) is 13.4. The van der Waals surface area contributed by atoms with E-state index in [2.05, 4.69) is 22.3 Å². The Hall–Kier alpha value is -1.49. The molecule has 0 atom stereocenters. The number of rotatable bonds is 5. The van der Waals surface area contributed by atoms with Gasteiger partial charge in [0.25, 0.3) is 0 Å². The Morgan fingerprint density at radius 1 is 1.18 bits per heavy atom. The summed E-state index contributed by atoms with van der Waals surface area (Å²) in [4.78, 5) is 2.26. The monoisotopic (exact) mass is 320 g/mol. The molecule has 4 nitrogen and oxygen atoms in total. The molecule has 0 saturated heterocycles. The van der Waals surface area contributed by atoms with Crippen molar-refractivity contribution in [3.8, 4) is 11.5 Å². The Labute approximate surface area is 137 Å². The van der Waals surface area contributed by atoms with Gasteiger partial charge in [-0.15, -0.1) is 0 Å². The van der Waals surface area contributed by atoms with Crippen LogP contribution in [-0.2, 0) is 13.0 Å². The standard InChI is InChI=1S/C17H24N2O2S/c1-3-20-15-9-12-7-8-19(17(22)18-14-5-6-14)11-13(12)10-16(15)21-4-2/h9-10,14H,3-8,11H2,1-2H3,(H,18,22). The maximum Gasteiger partial charge on any atom is 0.169 e. The molecule has 0 unspecified atom stereocenters. The second-order valence-corrected chi connectivity index (χ2v) is 6.22. The number of fused-ring (bicyclic) bond motifs is 1. The van der Waals surface area contributed by atoms with Crippen LogP contribution in [0, 0.1) is 0 Å². The lowest BCUT2D eigenvalue weighted by atomic mass is 9.99. The quantitative estimate of drug-likeness (QED) is 0.844. The summed E-state index contributed by atoms with van der Waals surface area (Å²) in [5, 5.41) is 4.32. The molecule has 0 bridgehead atoms. The number of benzene rings is 1. The highest BCUT2D eigenvalue weighted by molar-refractivity contribution is 7.80. The predicted molar refractivity (Wildman–Crippen MR) is 91.6 cm³/mol. The molecule has 1 aromatic rings. The third-order valence-corrected chi connectivity index (χ3v) is 4.45. The van der Waals surface area contributed by atoms with E-state index in [0.29, 0.717) is 19.3 Å². The van der Waals surface area contributed by atoms with Crippen molar-refractivity contribution in [3.63, 3.8) is 0 Å². The van der Waals surface area contributed by atoms with Crippen molar-refractivity contribution in [2.75, 3.05) is 19.8 Å². The maximum absolute atomic E-state index is 5.73. The van der Waals surface area contributed by atoms with Gasteiger partial charge in [0.05, 0.1) is 13.2 Å². The first-order valence-corrected chi connectivity index (χ1v) is 8.59. The summed E-state index contributed by atoms with van der Waals surface area (Å²) < 4.78 is 11.4. The molecular formula is C17H24N2O2S. The molecular weight excluding hydrogens is 296 g/mol. The van der Waals surface area contributed by atoms with Crippen LogP contribution in [-0.4, -0.2) is 35.8 Å². The number of nitrogens with zero attached hydrogens (tertiary/aromatic N) is 1. The Balaban J connectivity index is 1.77. The van der Waals surface area contributed by atoms with E-state index in [1.54, 1.807) is 0 Å². The first-order chi connectivity index (χ1) is 10.7. The molecule has 1 aromatic carbocycles. The van der Waals surface area contributed by atoms with Crippen molar-refractivity contribution in [3.05, 3.63) is 23.3 Å². The maximum atomic E-state index is 5.73. The van der Waals surface area contributed by atoms with Crippen molar-refractivity contribution in [1.82, 2.24) is 10.2 Å². The fourth-order valence-electron chi connectivity index (χ4n) is 2.77. The van der Waals surface area contributed by atoms with E-state index in [1.165, 1.54) is 24.0 Å². The van der Waals surface area contributed by atoms with Gasteiger partial charge < -0.3 is 19.7 Å². The first-order valence-electron chi connectivity index (χ1n) is 8.18. The first kappa shape index (κ1) is 15.4. The van der Waals surface area contributed by atoms with Crippen LogP contribution >= 0.6 is 12.2 Å². The summed E-state index contributed by atoms with van der Waals surface area (Å²) >= 11 is 5.53. The van der Waals surface area contributed by atoms with Gasteiger partial charge in [-0.3, -0.25) is 0 Å². The second-order valence-electron chi connectivity index (χ2n) is 5.83. The van der Waals surface area contributed by atoms with Crippen LogP contribution in [0.15, 0.2) is 12.1 Å². The average Bonchev–Trinajstić information content (AvgIpc) is 3.32. The number of ether oxygens (including phenoxy) is 2. The fraction of sp³-hybridized carbons (Fsp3) is 0.588. The molecule has 1 aliphatic carbocycles. The lowest BCUT2D eigenvalue weighted by Gasteiger charge is -2.32. The summed E-state index contributed by atoms with van der Waals surface area (Å²) in [7, 11) is 0. The van der Waals surface area contributed by atoms with E-state index in [4.69, 9.17) is 21.7 Å². The van der Waals surface area contributed by atoms with Crippen molar-refractivity contribution in [2.24, 2.45) is 0 Å². The normalized spacial score (nSPS) is 16.9. The molecule has 0 radical (unpaired) electrons. The fourth-order valence-corrected chi connectivity index (χ4v) is 3.09. The molecule has 0 aromatic heterocycles. The minimum Gasteiger partial charge on any atom is -0.490 e. The molecule has 1 aliphatic heterocycles. The largest absolute Gasteiger partial charge is 0.490 e. The van der Waals surface area contributed by atoms with Crippen LogP contribution in [0.5, 0.6) is 11.5 Å². The molecule has 1 heterocycles. The van der Waals surface area contributed by atoms with E-state index >= 15 is 0 Å².